The summed E-state index contributed by atoms with van der Waals surface area (Å²) < 4.78 is 0. The van der Waals surface area contributed by atoms with Crippen molar-refractivity contribution in [3.05, 3.63) is 0 Å². The van der Waals surface area contributed by atoms with Crippen molar-refractivity contribution < 1.29 is 10.2 Å². The zero-order valence-electron chi connectivity index (χ0n) is 8.16. The quantitative estimate of drug-likeness (QED) is 0.591. The van der Waals surface area contributed by atoms with Crippen molar-refractivity contribution >= 4 is 0 Å². The number of hydrogen-bond donors (Lipinski definition) is 2. The lowest BCUT2D eigenvalue weighted by molar-refractivity contribution is 0.153. The summed E-state index contributed by atoms with van der Waals surface area (Å²) in [7, 11) is 0. The molecule has 0 aromatic heterocycles. The molecule has 74 valence electrons. The van der Waals surface area contributed by atoms with E-state index in [9.17, 15) is 0 Å². The lowest BCUT2D eigenvalue weighted by Crippen LogP contribution is -2.28. The Morgan fingerprint density at radius 2 is 2.00 bits per heavy atom. The van der Waals surface area contributed by atoms with Crippen LogP contribution in [0.25, 0.3) is 0 Å². The molecular weight excluding hydrogens is 154 g/mol. The van der Waals surface area contributed by atoms with E-state index in [1.807, 2.05) is 0 Å². The first-order valence-corrected chi connectivity index (χ1v) is 4.72. The van der Waals surface area contributed by atoms with Gasteiger partial charge in [-0.25, -0.2) is 0 Å². The van der Waals surface area contributed by atoms with Gasteiger partial charge < -0.3 is 15.1 Å². The van der Waals surface area contributed by atoms with Gasteiger partial charge in [-0.3, -0.25) is 0 Å². The Kier molecular flexibility index (Phi) is 7.45. The number of hydrogen-bond acceptors (Lipinski definition) is 3. The molecule has 0 aromatic carbocycles. The highest BCUT2D eigenvalue weighted by Crippen LogP contribution is 1.96. The van der Waals surface area contributed by atoms with Crippen molar-refractivity contribution in [3.8, 4) is 0 Å². The molecular formula is C9H21NO2. The molecule has 1 unspecified atom stereocenters. The highest BCUT2D eigenvalue weighted by molar-refractivity contribution is 4.57. The van der Waals surface area contributed by atoms with Crippen LogP contribution in [0.4, 0.5) is 0 Å². The van der Waals surface area contributed by atoms with Crippen molar-refractivity contribution in [1.82, 2.24) is 4.90 Å². The van der Waals surface area contributed by atoms with Crippen LogP contribution in [0.3, 0.4) is 0 Å². The van der Waals surface area contributed by atoms with E-state index < -0.39 is 0 Å². The van der Waals surface area contributed by atoms with E-state index in [1.165, 1.54) is 0 Å². The maximum Gasteiger partial charge on any atom is 0.0524 e. The zero-order chi connectivity index (χ0) is 9.40. The van der Waals surface area contributed by atoms with E-state index in [4.69, 9.17) is 10.2 Å². The van der Waals surface area contributed by atoms with Crippen molar-refractivity contribution in [1.29, 1.82) is 0 Å². The predicted octanol–water partition coefficient (Wildman–Crippen LogP) is 0.462. The van der Waals surface area contributed by atoms with E-state index in [0.717, 1.165) is 32.5 Å². The molecule has 12 heavy (non-hydrogen) atoms. The van der Waals surface area contributed by atoms with Crippen LogP contribution in [-0.2, 0) is 0 Å². The van der Waals surface area contributed by atoms with Crippen molar-refractivity contribution in [2.45, 2.75) is 32.8 Å². The third kappa shape index (κ3) is 6.58. The Labute approximate surface area is 75.0 Å². The van der Waals surface area contributed by atoms with Crippen LogP contribution in [0.2, 0.25) is 0 Å². The number of aliphatic hydroxyl groups is 2. The number of rotatable bonds is 7. The highest BCUT2D eigenvalue weighted by atomic mass is 16.3. The monoisotopic (exact) mass is 175 g/mol. The Morgan fingerprint density at radius 1 is 1.33 bits per heavy atom. The minimum atomic E-state index is -0.215. The van der Waals surface area contributed by atoms with Gasteiger partial charge in [-0.2, -0.15) is 0 Å². The third-order valence-corrected chi connectivity index (χ3v) is 1.94. The van der Waals surface area contributed by atoms with Crippen LogP contribution in [0, 0.1) is 0 Å². The molecule has 0 rings (SSSR count). The third-order valence-electron chi connectivity index (χ3n) is 1.94. The Morgan fingerprint density at radius 3 is 2.42 bits per heavy atom. The van der Waals surface area contributed by atoms with Crippen LogP contribution in [0.1, 0.15) is 26.7 Å². The van der Waals surface area contributed by atoms with Gasteiger partial charge in [0, 0.05) is 19.7 Å². The fourth-order valence-corrected chi connectivity index (χ4v) is 1.09. The molecule has 0 amide bonds. The maximum atomic E-state index is 9.05. The van der Waals surface area contributed by atoms with E-state index in [-0.39, 0.29) is 12.7 Å². The molecule has 0 aliphatic carbocycles. The smallest absolute Gasteiger partial charge is 0.0524 e. The van der Waals surface area contributed by atoms with E-state index in [2.05, 4.69) is 11.8 Å². The van der Waals surface area contributed by atoms with Gasteiger partial charge in [0.05, 0.1) is 6.10 Å². The first-order valence-electron chi connectivity index (χ1n) is 4.72. The molecule has 3 heteroatoms. The van der Waals surface area contributed by atoms with Crippen LogP contribution >= 0.6 is 0 Å². The normalized spacial score (nSPS) is 13.8. The molecule has 0 saturated heterocycles. The Bertz CT molecular complexity index is 96.5. The van der Waals surface area contributed by atoms with Gasteiger partial charge in [0.15, 0.2) is 0 Å². The molecule has 0 aliphatic heterocycles. The van der Waals surface area contributed by atoms with Crippen molar-refractivity contribution in [3.63, 3.8) is 0 Å². The van der Waals surface area contributed by atoms with Gasteiger partial charge in [0.25, 0.3) is 0 Å². The van der Waals surface area contributed by atoms with E-state index in [0.29, 0.717) is 0 Å². The molecule has 3 nitrogen and oxygen atoms in total. The second kappa shape index (κ2) is 7.53. The maximum absolute atomic E-state index is 9.05. The van der Waals surface area contributed by atoms with Crippen LogP contribution < -0.4 is 0 Å². The zero-order valence-corrected chi connectivity index (χ0v) is 8.16. The van der Waals surface area contributed by atoms with Gasteiger partial charge in [-0.15, -0.1) is 0 Å². The number of aliphatic hydroxyl groups excluding tert-OH is 2. The van der Waals surface area contributed by atoms with E-state index >= 15 is 0 Å². The molecule has 0 aromatic rings. The van der Waals surface area contributed by atoms with Gasteiger partial charge >= 0.3 is 0 Å². The standard InChI is InChI=1S/C9H21NO2/c1-3-10(6-4-8-11)7-5-9(2)12/h9,11-12H,3-8H2,1-2H3. The van der Waals surface area contributed by atoms with Gasteiger partial charge in [-0.05, 0) is 26.3 Å². The Hall–Kier alpha value is -0.120. The van der Waals surface area contributed by atoms with Crippen LogP contribution in [0.15, 0.2) is 0 Å². The van der Waals surface area contributed by atoms with Gasteiger partial charge in [0.1, 0.15) is 0 Å². The Balaban J connectivity index is 3.39. The lowest BCUT2D eigenvalue weighted by atomic mass is 10.2. The highest BCUT2D eigenvalue weighted by Gasteiger charge is 2.03. The number of nitrogens with zero attached hydrogens (tertiary/aromatic N) is 1. The average molecular weight is 175 g/mol. The predicted molar refractivity (Wildman–Crippen MR) is 50.1 cm³/mol. The summed E-state index contributed by atoms with van der Waals surface area (Å²) in [5.41, 5.74) is 0. The molecule has 0 heterocycles. The second-order valence-corrected chi connectivity index (χ2v) is 3.15. The fraction of sp³-hybridized carbons (Fsp3) is 1.00. The average Bonchev–Trinajstić information content (AvgIpc) is 2.05. The molecule has 2 N–H and O–H groups in total. The minimum absolute atomic E-state index is 0.215. The van der Waals surface area contributed by atoms with Gasteiger partial charge in [-0.1, -0.05) is 6.92 Å². The minimum Gasteiger partial charge on any atom is -0.396 e. The molecule has 1 atom stereocenters. The molecule has 0 bridgehead atoms. The summed E-state index contributed by atoms with van der Waals surface area (Å²) in [5.74, 6) is 0. The van der Waals surface area contributed by atoms with E-state index in [1.54, 1.807) is 6.92 Å². The van der Waals surface area contributed by atoms with Gasteiger partial charge in [0.2, 0.25) is 0 Å². The molecule has 0 saturated carbocycles. The topological polar surface area (TPSA) is 43.7 Å². The molecule has 0 spiro atoms. The van der Waals surface area contributed by atoms with Crippen molar-refractivity contribution in [2.75, 3.05) is 26.2 Å². The first kappa shape index (κ1) is 11.9. The first-order chi connectivity index (χ1) is 5.70. The fourth-order valence-electron chi connectivity index (χ4n) is 1.09. The molecule has 0 aliphatic rings. The summed E-state index contributed by atoms with van der Waals surface area (Å²) in [4.78, 5) is 2.24. The summed E-state index contributed by atoms with van der Waals surface area (Å²) in [6, 6.07) is 0. The second-order valence-electron chi connectivity index (χ2n) is 3.15. The molecule has 0 fully saturated rings. The largest absolute Gasteiger partial charge is 0.396 e. The van der Waals surface area contributed by atoms with Crippen LogP contribution in [-0.4, -0.2) is 47.5 Å². The summed E-state index contributed by atoms with van der Waals surface area (Å²) >= 11 is 0. The van der Waals surface area contributed by atoms with Crippen molar-refractivity contribution in [2.24, 2.45) is 0 Å². The summed E-state index contributed by atoms with van der Waals surface area (Å²) in [5, 5.41) is 17.7. The summed E-state index contributed by atoms with van der Waals surface area (Å²) in [6.07, 6.45) is 1.43. The SMILES string of the molecule is CCN(CCCO)CCC(C)O. The molecule has 0 radical (unpaired) electrons. The van der Waals surface area contributed by atoms with Crippen LogP contribution in [0.5, 0.6) is 0 Å². The summed E-state index contributed by atoms with van der Waals surface area (Å²) in [6.45, 7) is 7.01. The lowest BCUT2D eigenvalue weighted by Gasteiger charge is -2.20.